The van der Waals surface area contributed by atoms with Gasteiger partial charge in [-0.15, -0.1) is 0 Å². The minimum absolute atomic E-state index is 0.373. The van der Waals surface area contributed by atoms with Gasteiger partial charge in [0, 0.05) is 0 Å². The number of carboxylic acid groups (broad SMARTS) is 1. The number of hydrogen-bond acceptors (Lipinski definition) is 4. The van der Waals surface area contributed by atoms with Gasteiger partial charge in [0.25, 0.3) is 0 Å². The normalized spacial score (nSPS) is 11.3. The van der Waals surface area contributed by atoms with E-state index in [4.69, 9.17) is 21.8 Å². The van der Waals surface area contributed by atoms with Crippen molar-refractivity contribution in [3.63, 3.8) is 0 Å². The SMILES string of the molecule is NS(=O)(=O)c1cc(C(=O)O)cc(Cl)c1O. The average molecular weight is 252 g/mol. The van der Waals surface area contributed by atoms with E-state index < -0.39 is 26.6 Å². The second kappa shape index (κ2) is 3.69. The Morgan fingerprint density at radius 1 is 1.40 bits per heavy atom. The number of nitrogens with two attached hydrogens (primary N) is 1. The Balaban J connectivity index is 3.59. The minimum Gasteiger partial charge on any atom is -0.505 e. The molecule has 1 aromatic carbocycles. The van der Waals surface area contributed by atoms with Crippen molar-refractivity contribution in [3.8, 4) is 5.75 Å². The first-order chi connectivity index (χ1) is 6.73. The van der Waals surface area contributed by atoms with E-state index >= 15 is 0 Å². The summed E-state index contributed by atoms with van der Waals surface area (Å²) in [6.07, 6.45) is 0. The summed E-state index contributed by atoms with van der Waals surface area (Å²) in [4.78, 5) is 9.85. The third-order valence-corrected chi connectivity index (χ3v) is 2.79. The smallest absolute Gasteiger partial charge is 0.335 e. The van der Waals surface area contributed by atoms with Crippen LogP contribution in [0.25, 0.3) is 0 Å². The first-order valence-corrected chi connectivity index (χ1v) is 5.44. The lowest BCUT2D eigenvalue weighted by molar-refractivity contribution is 0.0696. The van der Waals surface area contributed by atoms with Crippen molar-refractivity contribution in [2.45, 2.75) is 4.90 Å². The van der Waals surface area contributed by atoms with Crippen molar-refractivity contribution in [2.24, 2.45) is 5.14 Å². The zero-order valence-electron chi connectivity index (χ0n) is 7.14. The molecule has 0 heterocycles. The number of carbonyl (C=O) groups is 1. The summed E-state index contributed by atoms with van der Waals surface area (Å²) in [5.41, 5.74) is -0.373. The van der Waals surface area contributed by atoms with Crippen LogP contribution < -0.4 is 5.14 Å². The molecule has 8 heteroatoms. The summed E-state index contributed by atoms with van der Waals surface area (Å²) in [6, 6.07) is 1.66. The van der Waals surface area contributed by atoms with Crippen molar-refractivity contribution in [1.29, 1.82) is 0 Å². The lowest BCUT2D eigenvalue weighted by Crippen LogP contribution is -2.13. The predicted octanol–water partition coefficient (Wildman–Crippen LogP) is 0.391. The maximum Gasteiger partial charge on any atom is 0.335 e. The van der Waals surface area contributed by atoms with Gasteiger partial charge in [0.2, 0.25) is 10.0 Å². The van der Waals surface area contributed by atoms with E-state index in [1.807, 2.05) is 0 Å². The highest BCUT2D eigenvalue weighted by Crippen LogP contribution is 2.31. The number of benzene rings is 1. The van der Waals surface area contributed by atoms with Crippen molar-refractivity contribution in [3.05, 3.63) is 22.7 Å². The number of rotatable bonds is 2. The van der Waals surface area contributed by atoms with Crippen LogP contribution in [0.15, 0.2) is 17.0 Å². The fourth-order valence-corrected chi connectivity index (χ4v) is 1.86. The van der Waals surface area contributed by atoms with Crippen LogP contribution in [0.5, 0.6) is 5.75 Å². The van der Waals surface area contributed by atoms with Crippen molar-refractivity contribution in [2.75, 3.05) is 0 Å². The van der Waals surface area contributed by atoms with Gasteiger partial charge in [-0.25, -0.2) is 18.4 Å². The molecule has 0 aliphatic heterocycles. The van der Waals surface area contributed by atoms with Gasteiger partial charge in [-0.3, -0.25) is 0 Å². The van der Waals surface area contributed by atoms with Gasteiger partial charge in [0.1, 0.15) is 4.90 Å². The van der Waals surface area contributed by atoms with Gasteiger partial charge in [-0.1, -0.05) is 11.6 Å². The summed E-state index contributed by atoms with van der Waals surface area (Å²) in [5.74, 6) is -2.13. The molecule has 0 atom stereocenters. The molecule has 6 nitrogen and oxygen atoms in total. The Morgan fingerprint density at radius 2 is 1.93 bits per heavy atom. The molecule has 82 valence electrons. The van der Waals surface area contributed by atoms with Crippen molar-refractivity contribution < 1.29 is 23.4 Å². The lowest BCUT2D eigenvalue weighted by Gasteiger charge is -2.05. The number of hydrogen-bond donors (Lipinski definition) is 3. The summed E-state index contributed by atoms with van der Waals surface area (Å²) >= 11 is 5.44. The van der Waals surface area contributed by atoms with E-state index in [0.717, 1.165) is 12.1 Å². The van der Waals surface area contributed by atoms with E-state index in [1.54, 1.807) is 0 Å². The molecule has 0 aliphatic rings. The van der Waals surface area contributed by atoms with Gasteiger partial charge in [-0.2, -0.15) is 0 Å². The number of aromatic hydroxyl groups is 1. The Labute approximate surface area is 90.0 Å². The average Bonchev–Trinajstić information content (AvgIpc) is 2.06. The first-order valence-electron chi connectivity index (χ1n) is 3.52. The number of phenolic OH excluding ortho intramolecular Hbond substituents is 1. The van der Waals surface area contributed by atoms with E-state index in [9.17, 15) is 18.3 Å². The largest absolute Gasteiger partial charge is 0.505 e. The number of carboxylic acids is 1. The number of aromatic carboxylic acids is 1. The van der Waals surface area contributed by atoms with Crippen LogP contribution in [0, 0.1) is 0 Å². The zero-order valence-corrected chi connectivity index (χ0v) is 8.71. The summed E-state index contributed by atoms with van der Waals surface area (Å²) in [6.45, 7) is 0. The molecule has 0 saturated carbocycles. The molecule has 1 aromatic rings. The zero-order chi connectivity index (χ0) is 11.8. The number of halogens is 1. The molecule has 0 aliphatic carbocycles. The van der Waals surface area contributed by atoms with Gasteiger partial charge in [-0.05, 0) is 12.1 Å². The number of phenols is 1. The van der Waals surface area contributed by atoms with Crippen LogP contribution in [0.1, 0.15) is 10.4 Å². The Bertz CT molecular complexity index is 524. The number of primary sulfonamides is 1. The van der Waals surface area contributed by atoms with Crippen LogP contribution in [-0.4, -0.2) is 24.6 Å². The van der Waals surface area contributed by atoms with Crippen molar-refractivity contribution in [1.82, 2.24) is 0 Å². The third kappa shape index (κ3) is 2.38. The molecular weight excluding hydrogens is 246 g/mol. The highest BCUT2D eigenvalue weighted by molar-refractivity contribution is 7.89. The first kappa shape index (κ1) is 11.8. The molecule has 0 unspecified atom stereocenters. The van der Waals surface area contributed by atoms with Gasteiger partial charge in [0.15, 0.2) is 5.75 Å². The molecule has 0 radical (unpaired) electrons. The molecule has 0 aromatic heterocycles. The summed E-state index contributed by atoms with van der Waals surface area (Å²) < 4.78 is 21.9. The Kier molecular flexibility index (Phi) is 2.89. The second-order valence-electron chi connectivity index (χ2n) is 2.65. The highest BCUT2D eigenvalue weighted by atomic mass is 35.5. The monoisotopic (exact) mass is 251 g/mol. The summed E-state index contributed by atoms with van der Waals surface area (Å²) in [7, 11) is -4.21. The molecule has 0 saturated heterocycles. The van der Waals surface area contributed by atoms with Crippen LogP contribution in [0.4, 0.5) is 0 Å². The van der Waals surface area contributed by atoms with Gasteiger partial charge >= 0.3 is 5.97 Å². The van der Waals surface area contributed by atoms with E-state index in [0.29, 0.717) is 0 Å². The van der Waals surface area contributed by atoms with Gasteiger partial charge < -0.3 is 10.2 Å². The second-order valence-corrected chi connectivity index (χ2v) is 4.59. The van der Waals surface area contributed by atoms with Crippen LogP contribution in [0.2, 0.25) is 5.02 Å². The number of sulfonamides is 1. The molecule has 0 bridgehead atoms. The molecule has 15 heavy (non-hydrogen) atoms. The molecule has 4 N–H and O–H groups in total. The Hall–Kier alpha value is -1.31. The van der Waals surface area contributed by atoms with E-state index in [-0.39, 0.29) is 10.6 Å². The molecule has 1 rings (SSSR count). The topological polar surface area (TPSA) is 118 Å². The lowest BCUT2D eigenvalue weighted by atomic mass is 10.2. The molecule has 0 fully saturated rings. The maximum atomic E-state index is 10.9. The fraction of sp³-hybridized carbons (Fsp3) is 0. The third-order valence-electron chi connectivity index (χ3n) is 1.58. The maximum absolute atomic E-state index is 10.9. The fourth-order valence-electron chi connectivity index (χ4n) is 0.914. The van der Waals surface area contributed by atoms with Crippen molar-refractivity contribution >= 4 is 27.6 Å². The molecule has 0 spiro atoms. The summed E-state index contributed by atoms with van der Waals surface area (Å²) in [5, 5.41) is 22.2. The minimum atomic E-state index is -4.21. The molecule has 0 amide bonds. The Morgan fingerprint density at radius 3 is 2.33 bits per heavy atom. The molecular formula is C7H6ClNO5S. The highest BCUT2D eigenvalue weighted by Gasteiger charge is 2.19. The quantitative estimate of drug-likeness (QED) is 0.703. The predicted molar refractivity (Wildman–Crippen MR) is 51.4 cm³/mol. The van der Waals surface area contributed by atoms with Crippen LogP contribution in [-0.2, 0) is 10.0 Å². The van der Waals surface area contributed by atoms with E-state index in [1.165, 1.54) is 0 Å². The van der Waals surface area contributed by atoms with E-state index in [2.05, 4.69) is 0 Å². The van der Waals surface area contributed by atoms with Gasteiger partial charge in [0.05, 0.1) is 10.6 Å². The van der Waals surface area contributed by atoms with Crippen LogP contribution >= 0.6 is 11.6 Å². The standard InChI is InChI=1S/C7H6ClNO5S/c8-4-1-3(7(11)12)2-5(6(4)10)15(9,13)14/h1-2,10H,(H,11,12)(H2,9,13,14). The van der Waals surface area contributed by atoms with Crippen LogP contribution in [0.3, 0.4) is 0 Å².